The number of aliphatic hydroxyl groups excluding tert-OH is 1. The van der Waals surface area contributed by atoms with Crippen LogP contribution in [0.1, 0.15) is 24.6 Å². The first-order chi connectivity index (χ1) is 12.0. The third-order valence-electron chi connectivity index (χ3n) is 4.60. The molecule has 3 rings (SSSR count). The standard InChI is InChI=1S/C17H25N5O3/c1-13-18-19-16(25-13)12-20(2)14-10-22(11-15(14)23)17(24)6-5-9-21-7-3-4-8-21/h3-4,7-8,14-15,23H,5-6,9-12H2,1-2H3/t14-,15-/m1/s1. The van der Waals surface area contributed by atoms with Crippen LogP contribution in [0.5, 0.6) is 0 Å². The number of aryl methyl sites for hydroxylation is 2. The van der Waals surface area contributed by atoms with E-state index in [-0.39, 0.29) is 11.9 Å². The van der Waals surface area contributed by atoms with Crippen LogP contribution in [0.4, 0.5) is 0 Å². The molecular formula is C17H25N5O3. The van der Waals surface area contributed by atoms with Crippen LogP contribution in [0.3, 0.4) is 0 Å². The highest BCUT2D eigenvalue weighted by atomic mass is 16.4. The van der Waals surface area contributed by atoms with Crippen LogP contribution in [-0.4, -0.2) is 67.9 Å². The van der Waals surface area contributed by atoms with Crippen molar-refractivity contribution >= 4 is 5.91 Å². The Morgan fingerprint density at radius 3 is 2.80 bits per heavy atom. The number of likely N-dealkylation sites (tertiary alicyclic amines) is 1. The monoisotopic (exact) mass is 347 g/mol. The highest BCUT2D eigenvalue weighted by Gasteiger charge is 2.36. The molecule has 1 saturated heterocycles. The number of β-amino-alcohol motifs (C(OH)–C–C–N with tert-alkyl or cyclic N) is 1. The molecule has 2 atom stereocenters. The number of aromatic nitrogens is 3. The van der Waals surface area contributed by atoms with Gasteiger partial charge in [-0.15, -0.1) is 10.2 Å². The van der Waals surface area contributed by atoms with Gasteiger partial charge in [-0.2, -0.15) is 0 Å². The average molecular weight is 347 g/mol. The Morgan fingerprint density at radius 2 is 2.12 bits per heavy atom. The predicted molar refractivity (Wildman–Crippen MR) is 90.5 cm³/mol. The molecule has 0 aliphatic carbocycles. The molecule has 8 heteroatoms. The first kappa shape index (κ1) is 17.6. The maximum Gasteiger partial charge on any atom is 0.230 e. The number of carbonyl (C=O) groups is 1. The fourth-order valence-electron chi connectivity index (χ4n) is 3.23. The van der Waals surface area contributed by atoms with Gasteiger partial charge in [0.25, 0.3) is 0 Å². The summed E-state index contributed by atoms with van der Waals surface area (Å²) in [4.78, 5) is 16.1. The van der Waals surface area contributed by atoms with E-state index in [1.165, 1.54) is 0 Å². The Labute approximate surface area is 147 Å². The number of hydrogen-bond donors (Lipinski definition) is 1. The molecule has 1 N–H and O–H groups in total. The quantitative estimate of drug-likeness (QED) is 0.792. The lowest BCUT2D eigenvalue weighted by Crippen LogP contribution is -2.40. The summed E-state index contributed by atoms with van der Waals surface area (Å²) in [6.45, 7) is 3.93. The van der Waals surface area contributed by atoms with Gasteiger partial charge in [-0.3, -0.25) is 9.69 Å². The molecule has 1 aliphatic heterocycles. The lowest BCUT2D eigenvalue weighted by atomic mass is 10.2. The van der Waals surface area contributed by atoms with E-state index in [4.69, 9.17) is 4.42 Å². The molecule has 8 nitrogen and oxygen atoms in total. The van der Waals surface area contributed by atoms with E-state index in [9.17, 15) is 9.90 Å². The van der Waals surface area contributed by atoms with Crippen molar-refractivity contribution in [3.8, 4) is 0 Å². The molecule has 0 bridgehead atoms. The van der Waals surface area contributed by atoms with Gasteiger partial charge in [-0.05, 0) is 25.6 Å². The van der Waals surface area contributed by atoms with Crippen LogP contribution in [0.25, 0.3) is 0 Å². The van der Waals surface area contributed by atoms with Gasteiger partial charge in [-0.1, -0.05) is 0 Å². The van der Waals surface area contributed by atoms with E-state index in [1.54, 1.807) is 11.8 Å². The number of aliphatic hydroxyl groups is 1. The first-order valence-corrected chi connectivity index (χ1v) is 8.59. The lowest BCUT2D eigenvalue weighted by molar-refractivity contribution is -0.130. The van der Waals surface area contributed by atoms with E-state index in [0.29, 0.717) is 37.8 Å². The average Bonchev–Trinajstić information content (AvgIpc) is 3.29. The molecule has 0 radical (unpaired) electrons. The van der Waals surface area contributed by atoms with Crippen LogP contribution in [-0.2, 0) is 17.9 Å². The normalized spacial score (nSPS) is 20.6. The molecular weight excluding hydrogens is 322 g/mol. The molecule has 2 aromatic rings. The van der Waals surface area contributed by atoms with E-state index in [2.05, 4.69) is 14.8 Å². The van der Waals surface area contributed by atoms with Crippen molar-refractivity contribution in [2.45, 2.75) is 45.0 Å². The predicted octanol–water partition coefficient (Wildman–Crippen LogP) is 0.663. The van der Waals surface area contributed by atoms with Gasteiger partial charge in [0.05, 0.1) is 18.7 Å². The molecule has 0 spiro atoms. The molecule has 136 valence electrons. The van der Waals surface area contributed by atoms with Crippen molar-refractivity contribution in [2.24, 2.45) is 0 Å². The third kappa shape index (κ3) is 4.46. The van der Waals surface area contributed by atoms with E-state index < -0.39 is 6.10 Å². The fraction of sp³-hybridized carbons (Fsp3) is 0.588. The van der Waals surface area contributed by atoms with Gasteiger partial charge in [0.2, 0.25) is 17.7 Å². The summed E-state index contributed by atoms with van der Waals surface area (Å²) >= 11 is 0. The fourth-order valence-corrected chi connectivity index (χ4v) is 3.23. The minimum absolute atomic E-state index is 0.0933. The second kappa shape index (κ2) is 7.79. The summed E-state index contributed by atoms with van der Waals surface area (Å²) in [5.41, 5.74) is 0. The Kier molecular flexibility index (Phi) is 5.50. The molecule has 2 aromatic heterocycles. The number of carbonyl (C=O) groups excluding carboxylic acids is 1. The molecule has 0 unspecified atom stereocenters. The van der Waals surface area contributed by atoms with Gasteiger partial charge in [0, 0.05) is 45.4 Å². The molecule has 3 heterocycles. The summed E-state index contributed by atoms with van der Waals surface area (Å²) in [5.74, 6) is 1.13. The molecule has 0 aromatic carbocycles. The molecule has 25 heavy (non-hydrogen) atoms. The molecule has 1 aliphatic rings. The molecule has 1 fully saturated rings. The lowest BCUT2D eigenvalue weighted by Gasteiger charge is -2.24. The zero-order chi connectivity index (χ0) is 17.8. The summed E-state index contributed by atoms with van der Waals surface area (Å²) in [6.07, 6.45) is 4.71. The van der Waals surface area contributed by atoms with Crippen molar-refractivity contribution in [3.05, 3.63) is 36.3 Å². The highest BCUT2D eigenvalue weighted by molar-refractivity contribution is 5.76. The summed E-state index contributed by atoms with van der Waals surface area (Å²) in [5, 5.41) is 18.1. The minimum atomic E-state index is -0.567. The van der Waals surface area contributed by atoms with Crippen LogP contribution in [0, 0.1) is 6.92 Å². The number of amides is 1. The van der Waals surface area contributed by atoms with Gasteiger partial charge < -0.3 is 19.0 Å². The summed E-state index contributed by atoms with van der Waals surface area (Å²) in [6, 6.07) is 3.83. The minimum Gasteiger partial charge on any atom is -0.424 e. The Hall–Kier alpha value is -2.19. The van der Waals surface area contributed by atoms with Gasteiger partial charge in [-0.25, -0.2) is 0 Å². The zero-order valence-electron chi connectivity index (χ0n) is 14.7. The van der Waals surface area contributed by atoms with E-state index in [0.717, 1.165) is 13.0 Å². The van der Waals surface area contributed by atoms with E-state index >= 15 is 0 Å². The Balaban J connectivity index is 1.47. The Morgan fingerprint density at radius 1 is 1.36 bits per heavy atom. The largest absolute Gasteiger partial charge is 0.424 e. The zero-order valence-corrected chi connectivity index (χ0v) is 14.7. The SMILES string of the molecule is Cc1nnc(CN(C)[C@@H]2CN(C(=O)CCCn3cccc3)C[C@H]2O)o1. The van der Waals surface area contributed by atoms with Crippen molar-refractivity contribution in [3.63, 3.8) is 0 Å². The number of nitrogens with zero attached hydrogens (tertiary/aromatic N) is 5. The van der Waals surface area contributed by atoms with E-state index in [1.807, 2.05) is 36.5 Å². The van der Waals surface area contributed by atoms with Crippen molar-refractivity contribution < 1.29 is 14.3 Å². The summed E-state index contributed by atoms with van der Waals surface area (Å²) < 4.78 is 7.45. The Bertz CT molecular complexity index is 684. The molecule has 1 amide bonds. The van der Waals surface area contributed by atoms with Crippen LogP contribution in [0.2, 0.25) is 0 Å². The number of rotatable bonds is 7. The third-order valence-corrected chi connectivity index (χ3v) is 4.60. The second-order valence-corrected chi connectivity index (χ2v) is 6.59. The first-order valence-electron chi connectivity index (χ1n) is 8.59. The number of likely N-dealkylation sites (N-methyl/N-ethyl adjacent to an activating group) is 1. The van der Waals surface area contributed by atoms with Crippen LogP contribution < -0.4 is 0 Å². The maximum absolute atomic E-state index is 12.4. The van der Waals surface area contributed by atoms with Crippen molar-refractivity contribution in [2.75, 3.05) is 20.1 Å². The number of hydrogen-bond acceptors (Lipinski definition) is 6. The van der Waals surface area contributed by atoms with Crippen LogP contribution >= 0.6 is 0 Å². The van der Waals surface area contributed by atoms with Gasteiger partial charge >= 0.3 is 0 Å². The highest BCUT2D eigenvalue weighted by Crippen LogP contribution is 2.18. The van der Waals surface area contributed by atoms with Crippen molar-refractivity contribution in [1.82, 2.24) is 24.6 Å². The molecule has 0 saturated carbocycles. The van der Waals surface area contributed by atoms with Crippen molar-refractivity contribution in [1.29, 1.82) is 0 Å². The summed E-state index contributed by atoms with van der Waals surface area (Å²) in [7, 11) is 1.90. The van der Waals surface area contributed by atoms with Crippen LogP contribution in [0.15, 0.2) is 28.9 Å². The second-order valence-electron chi connectivity index (χ2n) is 6.59. The van der Waals surface area contributed by atoms with Gasteiger partial charge in [0.1, 0.15) is 0 Å². The van der Waals surface area contributed by atoms with Gasteiger partial charge in [0.15, 0.2) is 0 Å². The smallest absolute Gasteiger partial charge is 0.230 e. The maximum atomic E-state index is 12.4. The topological polar surface area (TPSA) is 87.6 Å².